The molecule has 0 atom stereocenters. The van der Waals surface area contributed by atoms with Gasteiger partial charge in [-0.1, -0.05) is 29.3 Å². The Hall–Kier alpha value is -2.18. The third-order valence-electron chi connectivity index (χ3n) is 3.76. The van der Waals surface area contributed by atoms with Crippen molar-refractivity contribution in [3.8, 4) is 11.1 Å². The first-order valence-electron chi connectivity index (χ1n) is 7.21. The normalized spacial score (nSPS) is 11.1. The van der Waals surface area contributed by atoms with Crippen LogP contribution in [0.4, 0.5) is 0 Å². The third kappa shape index (κ3) is 2.61. The van der Waals surface area contributed by atoms with Crippen LogP contribution in [0.1, 0.15) is 21.9 Å². The molecule has 1 aromatic carbocycles. The minimum Gasteiger partial charge on any atom is -0.343 e. The van der Waals surface area contributed by atoms with Crippen molar-refractivity contribution in [1.82, 2.24) is 24.7 Å². The van der Waals surface area contributed by atoms with E-state index in [0.29, 0.717) is 21.4 Å². The van der Waals surface area contributed by atoms with E-state index in [0.717, 1.165) is 16.8 Å². The van der Waals surface area contributed by atoms with Crippen LogP contribution in [-0.2, 0) is 0 Å². The predicted molar refractivity (Wildman–Crippen MR) is 93.7 cm³/mol. The smallest absolute Gasteiger partial charge is 0.275 e. The van der Waals surface area contributed by atoms with Gasteiger partial charge in [-0.15, -0.1) is 10.2 Å². The predicted octanol–water partition coefficient (Wildman–Crippen LogP) is 3.42. The minimum absolute atomic E-state index is 0.217. The van der Waals surface area contributed by atoms with Crippen molar-refractivity contribution in [2.75, 3.05) is 14.1 Å². The lowest BCUT2D eigenvalue weighted by Crippen LogP contribution is -2.25. The van der Waals surface area contributed by atoms with E-state index in [9.17, 15) is 4.79 Å². The zero-order valence-electron chi connectivity index (χ0n) is 13.6. The van der Waals surface area contributed by atoms with Gasteiger partial charge in [0, 0.05) is 14.1 Å². The molecule has 0 unspecified atom stereocenters. The number of amides is 1. The Balaban J connectivity index is 2.24. The van der Waals surface area contributed by atoms with Gasteiger partial charge in [0.2, 0.25) is 0 Å². The van der Waals surface area contributed by atoms with Crippen molar-refractivity contribution in [3.63, 3.8) is 0 Å². The van der Waals surface area contributed by atoms with E-state index in [1.807, 2.05) is 13.0 Å². The second-order valence-corrected chi connectivity index (χ2v) is 6.47. The molecule has 2 aromatic heterocycles. The molecule has 0 bridgehead atoms. The molecule has 0 N–H and O–H groups in total. The molecule has 1 amide bonds. The van der Waals surface area contributed by atoms with Crippen LogP contribution < -0.4 is 0 Å². The first-order valence-corrected chi connectivity index (χ1v) is 7.96. The van der Waals surface area contributed by atoms with E-state index in [1.165, 1.54) is 4.90 Å². The number of nitrogens with zero attached hydrogens (tertiary/aromatic N) is 5. The lowest BCUT2D eigenvalue weighted by Gasteiger charge is -2.11. The molecule has 0 fully saturated rings. The van der Waals surface area contributed by atoms with Gasteiger partial charge < -0.3 is 4.90 Å². The molecule has 0 aliphatic heterocycles. The van der Waals surface area contributed by atoms with Crippen molar-refractivity contribution in [1.29, 1.82) is 0 Å². The Morgan fingerprint density at radius 1 is 1.12 bits per heavy atom. The average Bonchev–Trinajstić information content (AvgIpc) is 2.87. The number of carbonyl (C=O) groups excluding carboxylic acids is 1. The first-order chi connectivity index (χ1) is 11.3. The fraction of sp³-hybridized carbons (Fsp3) is 0.250. The van der Waals surface area contributed by atoms with Gasteiger partial charge in [-0.25, -0.2) is 4.52 Å². The standard InChI is InChI=1S/C16H15Cl2N5O/c1-8-13(10-5-6-11(17)12(18)7-10)15-20-19-14(16(24)22(3)4)9(2)23(15)21-8/h5-7H,1-4H3. The van der Waals surface area contributed by atoms with E-state index in [-0.39, 0.29) is 11.6 Å². The Labute approximate surface area is 149 Å². The first kappa shape index (κ1) is 16.7. The Bertz CT molecular complexity index is 965. The fourth-order valence-corrected chi connectivity index (χ4v) is 2.81. The number of hydrogen-bond acceptors (Lipinski definition) is 4. The molecule has 0 saturated carbocycles. The Kier molecular flexibility index (Phi) is 4.19. The van der Waals surface area contributed by atoms with Crippen molar-refractivity contribution >= 4 is 34.8 Å². The molecular weight excluding hydrogens is 349 g/mol. The summed E-state index contributed by atoms with van der Waals surface area (Å²) < 4.78 is 1.64. The summed E-state index contributed by atoms with van der Waals surface area (Å²) in [5.41, 5.74) is 3.90. The summed E-state index contributed by atoms with van der Waals surface area (Å²) in [5.74, 6) is -0.217. The maximum Gasteiger partial charge on any atom is 0.275 e. The number of aryl methyl sites for hydroxylation is 2. The SMILES string of the molecule is Cc1nn2c(C)c(C(=O)N(C)C)nnc2c1-c1ccc(Cl)c(Cl)c1. The summed E-state index contributed by atoms with van der Waals surface area (Å²) in [6.45, 7) is 3.67. The number of rotatable bonds is 2. The third-order valence-corrected chi connectivity index (χ3v) is 4.50. The van der Waals surface area contributed by atoms with Crippen LogP contribution in [-0.4, -0.2) is 44.7 Å². The van der Waals surface area contributed by atoms with Crippen LogP contribution >= 0.6 is 23.2 Å². The number of benzene rings is 1. The van der Waals surface area contributed by atoms with Crippen LogP contribution in [0.25, 0.3) is 16.8 Å². The Morgan fingerprint density at radius 3 is 2.46 bits per heavy atom. The topological polar surface area (TPSA) is 63.4 Å². The maximum atomic E-state index is 12.2. The number of carbonyl (C=O) groups is 1. The van der Waals surface area contributed by atoms with Gasteiger partial charge in [0.05, 0.1) is 27.0 Å². The van der Waals surface area contributed by atoms with Crippen molar-refractivity contribution in [3.05, 3.63) is 45.3 Å². The van der Waals surface area contributed by atoms with E-state index >= 15 is 0 Å². The van der Waals surface area contributed by atoms with Crippen LogP contribution in [0.3, 0.4) is 0 Å². The van der Waals surface area contributed by atoms with Crippen molar-refractivity contribution < 1.29 is 4.79 Å². The molecule has 6 nitrogen and oxygen atoms in total. The second-order valence-electron chi connectivity index (χ2n) is 5.66. The molecule has 0 spiro atoms. The lowest BCUT2D eigenvalue weighted by molar-refractivity contribution is 0.0819. The second kappa shape index (κ2) is 6.03. The number of fused-ring (bicyclic) bond motifs is 1. The highest BCUT2D eigenvalue weighted by molar-refractivity contribution is 6.42. The molecular formula is C16H15Cl2N5O. The van der Waals surface area contributed by atoms with Crippen LogP contribution in [0.15, 0.2) is 18.2 Å². The summed E-state index contributed by atoms with van der Waals surface area (Å²) in [6.07, 6.45) is 0. The molecule has 0 saturated heterocycles. The van der Waals surface area contributed by atoms with E-state index < -0.39 is 0 Å². The summed E-state index contributed by atoms with van der Waals surface area (Å²) in [4.78, 5) is 13.7. The monoisotopic (exact) mass is 363 g/mol. The van der Waals surface area contributed by atoms with Crippen LogP contribution in [0.2, 0.25) is 10.0 Å². The molecule has 2 heterocycles. The quantitative estimate of drug-likeness (QED) is 0.699. The number of hydrogen-bond donors (Lipinski definition) is 0. The summed E-state index contributed by atoms with van der Waals surface area (Å²) in [6, 6.07) is 5.35. The van der Waals surface area contributed by atoms with E-state index in [1.54, 1.807) is 37.7 Å². The van der Waals surface area contributed by atoms with Gasteiger partial charge in [0.25, 0.3) is 5.91 Å². The minimum atomic E-state index is -0.217. The largest absolute Gasteiger partial charge is 0.343 e. The molecule has 0 aliphatic carbocycles. The van der Waals surface area contributed by atoms with Gasteiger partial charge in [-0.3, -0.25) is 4.79 Å². The Morgan fingerprint density at radius 2 is 1.83 bits per heavy atom. The van der Waals surface area contributed by atoms with Gasteiger partial charge in [-0.05, 0) is 31.5 Å². The molecule has 24 heavy (non-hydrogen) atoms. The fourth-order valence-electron chi connectivity index (χ4n) is 2.51. The summed E-state index contributed by atoms with van der Waals surface area (Å²) in [5, 5.41) is 13.8. The number of halogens is 2. The number of aromatic nitrogens is 4. The summed E-state index contributed by atoms with van der Waals surface area (Å²) >= 11 is 12.1. The molecule has 124 valence electrons. The van der Waals surface area contributed by atoms with Crippen LogP contribution in [0.5, 0.6) is 0 Å². The van der Waals surface area contributed by atoms with Gasteiger partial charge in [0.15, 0.2) is 11.3 Å². The summed E-state index contributed by atoms with van der Waals surface area (Å²) in [7, 11) is 3.34. The van der Waals surface area contributed by atoms with Crippen molar-refractivity contribution in [2.24, 2.45) is 0 Å². The average molecular weight is 364 g/mol. The van der Waals surface area contributed by atoms with Gasteiger partial charge in [-0.2, -0.15) is 5.10 Å². The maximum absolute atomic E-state index is 12.2. The highest BCUT2D eigenvalue weighted by Crippen LogP contribution is 2.32. The highest BCUT2D eigenvalue weighted by atomic mass is 35.5. The molecule has 8 heteroatoms. The molecule has 3 rings (SSSR count). The highest BCUT2D eigenvalue weighted by Gasteiger charge is 2.21. The molecule has 3 aromatic rings. The lowest BCUT2D eigenvalue weighted by atomic mass is 10.1. The molecule has 0 radical (unpaired) electrons. The van der Waals surface area contributed by atoms with E-state index in [4.69, 9.17) is 23.2 Å². The zero-order valence-corrected chi connectivity index (χ0v) is 15.1. The van der Waals surface area contributed by atoms with E-state index in [2.05, 4.69) is 15.3 Å². The van der Waals surface area contributed by atoms with Gasteiger partial charge in [0.1, 0.15) is 0 Å². The molecule has 0 aliphatic rings. The zero-order chi connectivity index (χ0) is 17.6. The van der Waals surface area contributed by atoms with Crippen LogP contribution in [0, 0.1) is 13.8 Å². The van der Waals surface area contributed by atoms with Crippen molar-refractivity contribution in [2.45, 2.75) is 13.8 Å². The van der Waals surface area contributed by atoms with Gasteiger partial charge >= 0.3 is 0 Å².